The van der Waals surface area contributed by atoms with Gasteiger partial charge in [-0.05, 0) is 44.7 Å². The summed E-state index contributed by atoms with van der Waals surface area (Å²) in [4.78, 5) is 12.5. The predicted molar refractivity (Wildman–Crippen MR) is 99.0 cm³/mol. The minimum Gasteiger partial charge on any atom is -0.352 e. The van der Waals surface area contributed by atoms with Gasteiger partial charge in [0.1, 0.15) is 0 Å². The molecule has 3 N–H and O–H groups in total. The molecular weight excluding hydrogens is 312 g/mol. The molecule has 0 radical (unpaired) electrons. The lowest BCUT2D eigenvalue weighted by Crippen LogP contribution is -2.34. The van der Waals surface area contributed by atoms with Crippen LogP contribution in [0.1, 0.15) is 41.8 Å². The van der Waals surface area contributed by atoms with E-state index >= 15 is 0 Å². The van der Waals surface area contributed by atoms with Crippen molar-refractivity contribution in [3.05, 3.63) is 52.8 Å². The van der Waals surface area contributed by atoms with E-state index in [0.29, 0.717) is 19.0 Å². The molecule has 1 aromatic heterocycles. The zero-order chi connectivity index (χ0) is 17.8. The summed E-state index contributed by atoms with van der Waals surface area (Å²) in [5.41, 5.74) is 10.2. The third-order valence-corrected chi connectivity index (χ3v) is 5.44. The van der Waals surface area contributed by atoms with Crippen molar-refractivity contribution in [3.63, 3.8) is 0 Å². The summed E-state index contributed by atoms with van der Waals surface area (Å²) in [6.45, 7) is 5.97. The van der Waals surface area contributed by atoms with Gasteiger partial charge in [-0.25, -0.2) is 0 Å². The number of rotatable bonds is 6. The lowest BCUT2D eigenvalue weighted by Gasteiger charge is -2.17. The van der Waals surface area contributed by atoms with Crippen molar-refractivity contribution in [2.45, 2.75) is 46.2 Å². The van der Waals surface area contributed by atoms with E-state index in [0.717, 1.165) is 42.8 Å². The standard InChI is InChI=1S/C20H28N4O/c1-14-19(12-22-20(25)18-10-6-9-17(18)11-21)15(2)24(23-14)13-16-7-4-3-5-8-16/h3-5,7-8,17-18H,6,9-13,21H2,1-2H3,(H,22,25)/t17-,18-/m1/s1. The molecule has 2 aromatic rings. The van der Waals surface area contributed by atoms with Gasteiger partial charge in [0.25, 0.3) is 0 Å². The Balaban J connectivity index is 1.66. The van der Waals surface area contributed by atoms with Gasteiger partial charge in [-0.15, -0.1) is 0 Å². The summed E-state index contributed by atoms with van der Waals surface area (Å²) in [5, 5.41) is 7.77. The number of nitrogens with two attached hydrogens (primary N) is 1. The van der Waals surface area contributed by atoms with Crippen LogP contribution in [0.3, 0.4) is 0 Å². The van der Waals surface area contributed by atoms with Crippen molar-refractivity contribution >= 4 is 5.91 Å². The lowest BCUT2D eigenvalue weighted by molar-refractivity contribution is -0.126. The highest BCUT2D eigenvalue weighted by atomic mass is 16.1. The predicted octanol–water partition coefficient (Wildman–Crippen LogP) is 2.54. The van der Waals surface area contributed by atoms with Gasteiger partial charge in [0.05, 0.1) is 12.2 Å². The number of carbonyl (C=O) groups is 1. The molecule has 5 nitrogen and oxygen atoms in total. The van der Waals surface area contributed by atoms with Crippen molar-refractivity contribution in [1.82, 2.24) is 15.1 Å². The molecule has 1 saturated carbocycles. The molecule has 1 aliphatic rings. The fourth-order valence-corrected chi connectivity index (χ4v) is 3.87. The second kappa shape index (κ2) is 7.83. The first-order valence-electron chi connectivity index (χ1n) is 9.14. The summed E-state index contributed by atoms with van der Waals surface area (Å²) >= 11 is 0. The molecule has 1 aliphatic carbocycles. The number of aryl methyl sites for hydroxylation is 1. The minimum atomic E-state index is 0.0741. The summed E-state index contributed by atoms with van der Waals surface area (Å²) in [5.74, 6) is 0.551. The molecule has 0 spiro atoms. The van der Waals surface area contributed by atoms with E-state index < -0.39 is 0 Å². The molecule has 0 aliphatic heterocycles. The van der Waals surface area contributed by atoms with Gasteiger partial charge in [0.2, 0.25) is 5.91 Å². The molecule has 3 rings (SSSR count). The number of hydrogen-bond donors (Lipinski definition) is 2. The van der Waals surface area contributed by atoms with Crippen LogP contribution >= 0.6 is 0 Å². The summed E-state index contributed by atoms with van der Waals surface area (Å²) in [6.07, 6.45) is 3.13. The van der Waals surface area contributed by atoms with Crippen LogP contribution in [0.15, 0.2) is 30.3 Å². The van der Waals surface area contributed by atoms with Crippen molar-refractivity contribution in [2.75, 3.05) is 6.54 Å². The second-order valence-corrected chi connectivity index (χ2v) is 7.04. The summed E-state index contributed by atoms with van der Waals surface area (Å²) in [6, 6.07) is 10.3. The Morgan fingerprint density at radius 2 is 2.04 bits per heavy atom. The fraction of sp³-hybridized carbons (Fsp3) is 0.500. The van der Waals surface area contributed by atoms with E-state index in [2.05, 4.69) is 29.5 Å². The Labute approximate surface area is 149 Å². The Bertz CT molecular complexity index is 723. The van der Waals surface area contributed by atoms with Gasteiger partial charge in [0, 0.05) is 23.7 Å². The van der Waals surface area contributed by atoms with Crippen molar-refractivity contribution in [3.8, 4) is 0 Å². The van der Waals surface area contributed by atoms with E-state index in [-0.39, 0.29) is 11.8 Å². The largest absolute Gasteiger partial charge is 0.352 e. The van der Waals surface area contributed by atoms with E-state index in [9.17, 15) is 4.79 Å². The van der Waals surface area contributed by atoms with Crippen LogP contribution in [-0.2, 0) is 17.9 Å². The van der Waals surface area contributed by atoms with Gasteiger partial charge in [-0.2, -0.15) is 5.10 Å². The third-order valence-electron chi connectivity index (χ3n) is 5.44. The van der Waals surface area contributed by atoms with Crippen LogP contribution in [-0.4, -0.2) is 22.2 Å². The zero-order valence-corrected chi connectivity index (χ0v) is 15.2. The lowest BCUT2D eigenvalue weighted by atomic mass is 9.95. The monoisotopic (exact) mass is 340 g/mol. The molecule has 1 aromatic carbocycles. The highest BCUT2D eigenvalue weighted by molar-refractivity contribution is 5.79. The molecule has 1 fully saturated rings. The normalized spacial score (nSPS) is 20.0. The van der Waals surface area contributed by atoms with Crippen LogP contribution in [0, 0.1) is 25.7 Å². The maximum Gasteiger partial charge on any atom is 0.223 e. The molecule has 134 valence electrons. The van der Waals surface area contributed by atoms with Gasteiger partial charge < -0.3 is 11.1 Å². The molecular formula is C20H28N4O. The van der Waals surface area contributed by atoms with E-state index in [1.165, 1.54) is 5.56 Å². The zero-order valence-electron chi connectivity index (χ0n) is 15.2. The number of amides is 1. The van der Waals surface area contributed by atoms with Crippen LogP contribution < -0.4 is 11.1 Å². The van der Waals surface area contributed by atoms with Gasteiger partial charge in [0.15, 0.2) is 0 Å². The molecule has 0 saturated heterocycles. The summed E-state index contributed by atoms with van der Waals surface area (Å²) in [7, 11) is 0. The third kappa shape index (κ3) is 3.93. The summed E-state index contributed by atoms with van der Waals surface area (Å²) < 4.78 is 2.02. The Morgan fingerprint density at radius 1 is 1.28 bits per heavy atom. The first-order chi connectivity index (χ1) is 12.1. The fourth-order valence-electron chi connectivity index (χ4n) is 3.87. The van der Waals surface area contributed by atoms with Crippen LogP contribution in [0.2, 0.25) is 0 Å². The number of benzene rings is 1. The van der Waals surface area contributed by atoms with E-state index in [1.54, 1.807) is 0 Å². The molecule has 2 atom stereocenters. The van der Waals surface area contributed by atoms with Crippen LogP contribution in [0.5, 0.6) is 0 Å². The molecule has 25 heavy (non-hydrogen) atoms. The minimum absolute atomic E-state index is 0.0741. The Kier molecular flexibility index (Phi) is 5.53. The van der Waals surface area contributed by atoms with E-state index in [1.807, 2.05) is 29.8 Å². The molecule has 1 amide bonds. The van der Waals surface area contributed by atoms with Crippen LogP contribution in [0.4, 0.5) is 0 Å². The molecule has 1 heterocycles. The van der Waals surface area contributed by atoms with Crippen molar-refractivity contribution in [2.24, 2.45) is 17.6 Å². The highest BCUT2D eigenvalue weighted by Crippen LogP contribution is 2.31. The first-order valence-corrected chi connectivity index (χ1v) is 9.14. The Morgan fingerprint density at radius 3 is 2.76 bits per heavy atom. The van der Waals surface area contributed by atoms with Gasteiger partial charge >= 0.3 is 0 Å². The first kappa shape index (κ1) is 17.7. The SMILES string of the molecule is Cc1nn(Cc2ccccc2)c(C)c1CNC(=O)[C@@H]1CCC[C@@H]1CN. The average Bonchev–Trinajstić information content (AvgIpc) is 3.19. The van der Waals surface area contributed by atoms with E-state index in [4.69, 9.17) is 5.73 Å². The highest BCUT2D eigenvalue weighted by Gasteiger charge is 2.31. The number of aromatic nitrogens is 2. The maximum absolute atomic E-state index is 12.5. The molecule has 0 unspecified atom stereocenters. The maximum atomic E-state index is 12.5. The number of nitrogens with one attached hydrogen (secondary N) is 1. The van der Waals surface area contributed by atoms with Crippen LogP contribution in [0.25, 0.3) is 0 Å². The molecule has 5 heteroatoms. The second-order valence-electron chi connectivity index (χ2n) is 7.04. The number of carbonyl (C=O) groups excluding carboxylic acids is 1. The smallest absolute Gasteiger partial charge is 0.223 e. The van der Waals surface area contributed by atoms with Crippen molar-refractivity contribution < 1.29 is 4.79 Å². The van der Waals surface area contributed by atoms with Gasteiger partial charge in [-0.1, -0.05) is 36.8 Å². The average molecular weight is 340 g/mol. The molecule has 0 bridgehead atoms. The van der Waals surface area contributed by atoms with Gasteiger partial charge in [-0.3, -0.25) is 9.48 Å². The number of hydrogen-bond acceptors (Lipinski definition) is 3. The topological polar surface area (TPSA) is 72.9 Å². The number of nitrogens with zero attached hydrogens (tertiary/aromatic N) is 2. The van der Waals surface area contributed by atoms with Crippen molar-refractivity contribution in [1.29, 1.82) is 0 Å². The Hall–Kier alpha value is -2.14. The quantitative estimate of drug-likeness (QED) is 0.849.